The van der Waals surface area contributed by atoms with Gasteiger partial charge in [0.25, 0.3) is 5.91 Å². The molecule has 0 spiro atoms. The lowest BCUT2D eigenvalue weighted by molar-refractivity contribution is 0.102. The quantitative estimate of drug-likeness (QED) is 0.824. The van der Waals surface area contributed by atoms with Gasteiger partial charge in [0.05, 0.1) is 21.3 Å². The molecular formula is C13H9Cl2FN2O. The maximum Gasteiger partial charge on any atom is 0.257 e. The van der Waals surface area contributed by atoms with Crippen LogP contribution in [0.25, 0.3) is 0 Å². The van der Waals surface area contributed by atoms with Gasteiger partial charge in [0, 0.05) is 5.69 Å². The van der Waals surface area contributed by atoms with Crippen molar-refractivity contribution in [1.82, 2.24) is 0 Å². The third-order valence-electron chi connectivity index (χ3n) is 2.41. The molecule has 0 aliphatic carbocycles. The van der Waals surface area contributed by atoms with Gasteiger partial charge in [0.1, 0.15) is 5.82 Å². The zero-order valence-corrected chi connectivity index (χ0v) is 11.1. The maximum absolute atomic E-state index is 13.1. The predicted molar refractivity (Wildman–Crippen MR) is 75.2 cm³/mol. The van der Waals surface area contributed by atoms with Gasteiger partial charge in [-0.1, -0.05) is 23.2 Å². The second-order valence-corrected chi connectivity index (χ2v) is 4.63. The number of amides is 1. The van der Waals surface area contributed by atoms with Gasteiger partial charge in [-0.25, -0.2) is 4.39 Å². The van der Waals surface area contributed by atoms with E-state index < -0.39 is 11.7 Å². The molecule has 6 heteroatoms. The summed E-state index contributed by atoms with van der Waals surface area (Å²) in [4.78, 5) is 12.0. The minimum absolute atomic E-state index is 0.171. The van der Waals surface area contributed by atoms with E-state index in [1.807, 2.05) is 0 Å². The molecule has 0 saturated carbocycles. The number of nitrogen functional groups attached to an aromatic ring is 1. The molecule has 0 atom stereocenters. The highest BCUT2D eigenvalue weighted by Gasteiger charge is 2.13. The normalized spacial score (nSPS) is 10.3. The highest BCUT2D eigenvalue weighted by atomic mass is 35.5. The second kappa shape index (κ2) is 5.47. The lowest BCUT2D eigenvalue weighted by Gasteiger charge is -2.09. The Balaban J connectivity index is 2.30. The molecule has 0 heterocycles. The third-order valence-corrected chi connectivity index (χ3v) is 3.07. The molecule has 0 aliphatic rings. The monoisotopic (exact) mass is 298 g/mol. The van der Waals surface area contributed by atoms with E-state index in [-0.39, 0.29) is 21.3 Å². The fourth-order valence-corrected chi connectivity index (χ4v) is 1.87. The summed E-state index contributed by atoms with van der Waals surface area (Å²) in [5, 5.41) is 2.97. The summed E-state index contributed by atoms with van der Waals surface area (Å²) in [6.07, 6.45) is 0. The third kappa shape index (κ3) is 3.16. The fraction of sp³-hybridized carbons (Fsp3) is 0. The van der Waals surface area contributed by atoms with Crippen LogP contribution in [0.3, 0.4) is 0 Å². The molecule has 0 bridgehead atoms. The average Bonchev–Trinajstić information content (AvgIpc) is 2.36. The molecule has 1 amide bonds. The van der Waals surface area contributed by atoms with Crippen molar-refractivity contribution in [3.8, 4) is 0 Å². The molecule has 19 heavy (non-hydrogen) atoms. The number of carbonyl (C=O) groups excluding carboxylic acids is 1. The number of nitrogens with two attached hydrogens (primary N) is 1. The Morgan fingerprint density at radius 1 is 1.11 bits per heavy atom. The maximum atomic E-state index is 13.1. The highest BCUT2D eigenvalue weighted by molar-refractivity contribution is 6.36. The van der Waals surface area contributed by atoms with Crippen LogP contribution in [0, 0.1) is 5.82 Å². The molecule has 2 aromatic rings. The molecule has 3 N–H and O–H groups in total. The number of hydrogen-bond donors (Lipinski definition) is 2. The van der Waals surface area contributed by atoms with E-state index >= 15 is 0 Å². The number of carbonyl (C=O) groups is 1. The summed E-state index contributed by atoms with van der Waals surface area (Å²) in [7, 11) is 0. The van der Waals surface area contributed by atoms with E-state index in [2.05, 4.69) is 5.32 Å². The van der Waals surface area contributed by atoms with E-state index in [4.69, 9.17) is 28.9 Å². The molecule has 0 radical (unpaired) electrons. The highest BCUT2D eigenvalue weighted by Crippen LogP contribution is 2.25. The van der Waals surface area contributed by atoms with E-state index in [0.717, 1.165) is 6.07 Å². The Kier molecular flexibility index (Phi) is 3.93. The van der Waals surface area contributed by atoms with Crippen LogP contribution >= 0.6 is 23.2 Å². The summed E-state index contributed by atoms with van der Waals surface area (Å²) in [6.45, 7) is 0. The lowest BCUT2D eigenvalue weighted by Crippen LogP contribution is -2.13. The average molecular weight is 299 g/mol. The topological polar surface area (TPSA) is 55.1 Å². The SMILES string of the molecule is Nc1ccc(Cl)c(C(=O)Nc2cc(F)ccc2Cl)c1. The summed E-state index contributed by atoms with van der Waals surface area (Å²) in [5.74, 6) is -1.01. The number of anilines is 2. The first-order chi connectivity index (χ1) is 8.97. The summed E-state index contributed by atoms with van der Waals surface area (Å²) < 4.78 is 13.1. The minimum Gasteiger partial charge on any atom is -0.399 e. The molecule has 98 valence electrons. The van der Waals surface area contributed by atoms with Crippen LogP contribution in [0.15, 0.2) is 36.4 Å². The summed E-state index contributed by atoms with van der Waals surface area (Å²) in [5.41, 5.74) is 6.36. The van der Waals surface area contributed by atoms with Crippen LogP contribution in [0.4, 0.5) is 15.8 Å². The molecule has 0 fully saturated rings. The van der Waals surface area contributed by atoms with E-state index in [9.17, 15) is 9.18 Å². The Bertz CT molecular complexity index is 647. The van der Waals surface area contributed by atoms with E-state index in [0.29, 0.717) is 5.69 Å². The van der Waals surface area contributed by atoms with Gasteiger partial charge < -0.3 is 11.1 Å². The minimum atomic E-state index is -0.509. The number of benzene rings is 2. The van der Waals surface area contributed by atoms with Crippen molar-refractivity contribution in [2.45, 2.75) is 0 Å². The van der Waals surface area contributed by atoms with Crippen molar-refractivity contribution in [3.05, 3.63) is 57.8 Å². The number of halogens is 3. The van der Waals surface area contributed by atoms with Crippen LogP contribution in [0.5, 0.6) is 0 Å². The fourth-order valence-electron chi connectivity index (χ4n) is 1.50. The van der Waals surface area contributed by atoms with Gasteiger partial charge in [0.15, 0.2) is 0 Å². The van der Waals surface area contributed by atoms with Crippen molar-refractivity contribution in [3.63, 3.8) is 0 Å². The van der Waals surface area contributed by atoms with Crippen LogP contribution in [0.2, 0.25) is 10.0 Å². The van der Waals surface area contributed by atoms with Crippen LogP contribution in [0.1, 0.15) is 10.4 Å². The zero-order chi connectivity index (χ0) is 14.0. The Morgan fingerprint density at radius 3 is 2.53 bits per heavy atom. The zero-order valence-electron chi connectivity index (χ0n) is 9.58. The van der Waals surface area contributed by atoms with Gasteiger partial charge in [-0.05, 0) is 36.4 Å². The molecule has 2 rings (SSSR count). The Hall–Kier alpha value is -1.78. The molecule has 2 aromatic carbocycles. The second-order valence-electron chi connectivity index (χ2n) is 3.82. The first-order valence-corrected chi connectivity index (χ1v) is 6.04. The van der Waals surface area contributed by atoms with Gasteiger partial charge in [0.2, 0.25) is 0 Å². The molecule has 0 saturated heterocycles. The standard InChI is InChI=1S/C13H9Cl2FN2O/c14-10-4-2-8(17)6-9(10)13(19)18-12-5-7(16)1-3-11(12)15/h1-6H,17H2,(H,18,19). The first kappa shape index (κ1) is 13.6. The molecule has 0 unspecified atom stereocenters. The van der Waals surface area contributed by atoms with Crippen LogP contribution in [-0.2, 0) is 0 Å². The van der Waals surface area contributed by atoms with E-state index in [1.165, 1.54) is 24.3 Å². The summed E-state index contributed by atoms with van der Waals surface area (Å²) >= 11 is 11.8. The number of hydrogen-bond acceptors (Lipinski definition) is 2. The van der Waals surface area contributed by atoms with Gasteiger partial charge in [-0.3, -0.25) is 4.79 Å². The number of nitrogens with one attached hydrogen (secondary N) is 1. The summed E-state index contributed by atoms with van der Waals surface area (Å²) in [6, 6.07) is 8.21. The molecule has 0 aromatic heterocycles. The van der Waals surface area contributed by atoms with Gasteiger partial charge >= 0.3 is 0 Å². The molecular weight excluding hydrogens is 290 g/mol. The van der Waals surface area contributed by atoms with Crippen LogP contribution < -0.4 is 11.1 Å². The Labute approximate surface area is 119 Å². The van der Waals surface area contributed by atoms with Crippen LogP contribution in [-0.4, -0.2) is 5.91 Å². The van der Waals surface area contributed by atoms with Crippen molar-refractivity contribution in [1.29, 1.82) is 0 Å². The Morgan fingerprint density at radius 2 is 1.79 bits per heavy atom. The van der Waals surface area contributed by atoms with Crippen molar-refractivity contribution < 1.29 is 9.18 Å². The largest absolute Gasteiger partial charge is 0.399 e. The van der Waals surface area contributed by atoms with Crippen molar-refractivity contribution in [2.75, 3.05) is 11.1 Å². The van der Waals surface area contributed by atoms with Crippen molar-refractivity contribution in [2.24, 2.45) is 0 Å². The van der Waals surface area contributed by atoms with Crippen molar-refractivity contribution >= 4 is 40.5 Å². The lowest BCUT2D eigenvalue weighted by atomic mass is 10.2. The molecule has 3 nitrogen and oxygen atoms in total. The predicted octanol–water partition coefficient (Wildman–Crippen LogP) is 3.97. The smallest absolute Gasteiger partial charge is 0.257 e. The molecule has 0 aliphatic heterocycles. The van der Waals surface area contributed by atoms with E-state index in [1.54, 1.807) is 6.07 Å². The van der Waals surface area contributed by atoms with Gasteiger partial charge in [-0.15, -0.1) is 0 Å². The first-order valence-electron chi connectivity index (χ1n) is 5.29. The van der Waals surface area contributed by atoms with Gasteiger partial charge in [-0.2, -0.15) is 0 Å². The number of rotatable bonds is 2.